The monoisotopic (exact) mass is 315 g/mol. The summed E-state index contributed by atoms with van der Waals surface area (Å²) < 4.78 is 0. The van der Waals surface area contributed by atoms with Crippen LogP contribution in [0.3, 0.4) is 0 Å². The summed E-state index contributed by atoms with van der Waals surface area (Å²) in [5.41, 5.74) is 2.35. The summed E-state index contributed by atoms with van der Waals surface area (Å²) in [6, 6.07) is 11.8. The number of aryl methyl sites for hydroxylation is 1. The average Bonchev–Trinajstić information content (AvgIpc) is 2.48. The molecular formula is C17H14ClNO3. The Bertz CT molecular complexity index is 736. The first-order valence-corrected chi connectivity index (χ1v) is 6.92. The van der Waals surface area contributed by atoms with Gasteiger partial charge in [-0.25, -0.2) is 4.79 Å². The predicted molar refractivity (Wildman–Crippen MR) is 87.3 cm³/mol. The Morgan fingerprint density at radius 2 is 1.82 bits per heavy atom. The van der Waals surface area contributed by atoms with Crippen LogP contribution in [0.15, 0.2) is 48.5 Å². The van der Waals surface area contributed by atoms with Crippen molar-refractivity contribution in [3.8, 4) is 0 Å². The Morgan fingerprint density at radius 1 is 1.14 bits per heavy atom. The second-order valence-electron chi connectivity index (χ2n) is 4.73. The van der Waals surface area contributed by atoms with Crippen molar-refractivity contribution in [1.29, 1.82) is 0 Å². The third kappa shape index (κ3) is 4.20. The summed E-state index contributed by atoms with van der Waals surface area (Å²) in [6.45, 7) is 1.98. The minimum atomic E-state index is -1.08. The van der Waals surface area contributed by atoms with Crippen LogP contribution >= 0.6 is 11.6 Å². The molecule has 5 heteroatoms. The normalized spacial score (nSPS) is 10.6. The second kappa shape index (κ2) is 6.91. The minimum Gasteiger partial charge on any atom is -0.478 e. The van der Waals surface area contributed by atoms with Crippen LogP contribution in [0.25, 0.3) is 6.08 Å². The molecular weight excluding hydrogens is 302 g/mol. The fraction of sp³-hybridized carbons (Fsp3) is 0.0588. The van der Waals surface area contributed by atoms with E-state index in [9.17, 15) is 9.59 Å². The van der Waals surface area contributed by atoms with Crippen molar-refractivity contribution < 1.29 is 14.7 Å². The molecule has 22 heavy (non-hydrogen) atoms. The maximum Gasteiger partial charge on any atom is 0.335 e. The van der Waals surface area contributed by atoms with Gasteiger partial charge in [-0.15, -0.1) is 0 Å². The highest BCUT2D eigenvalue weighted by atomic mass is 35.5. The number of aromatic carboxylic acids is 1. The van der Waals surface area contributed by atoms with E-state index in [0.717, 1.165) is 11.1 Å². The van der Waals surface area contributed by atoms with Crippen molar-refractivity contribution in [2.45, 2.75) is 6.92 Å². The molecule has 0 atom stereocenters. The minimum absolute atomic E-state index is 0.0576. The number of carboxylic acid groups (broad SMARTS) is 1. The molecule has 0 aromatic heterocycles. The molecule has 4 nitrogen and oxygen atoms in total. The standard InChI is InChI=1S/C17H14ClNO3/c1-11-2-4-12(5-3-11)6-9-16(20)19-15-10-13(17(21)22)7-8-14(15)18/h2-10H,1H3,(H,19,20)(H,21,22). The smallest absolute Gasteiger partial charge is 0.335 e. The number of rotatable bonds is 4. The molecule has 2 rings (SSSR count). The van der Waals surface area contributed by atoms with Gasteiger partial charge in [0.05, 0.1) is 16.3 Å². The molecule has 0 saturated heterocycles. The lowest BCUT2D eigenvalue weighted by Crippen LogP contribution is -2.09. The molecule has 112 valence electrons. The second-order valence-corrected chi connectivity index (χ2v) is 5.14. The third-order valence-electron chi connectivity index (χ3n) is 2.98. The summed E-state index contributed by atoms with van der Waals surface area (Å²) in [5.74, 6) is -1.47. The number of amides is 1. The van der Waals surface area contributed by atoms with E-state index >= 15 is 0 Å². The molecule has 1 amide bonds. The Morgan fingerprint density at radius 3 is 2.45 bits per heavy atom. The molecule has 0 saturated carbocycles. The molecule has 0 radical (unpaired) electrons. The number of hydrogen-bond acceptors (Lipinski definition) is 2. The number of halogens is 1. The molecule has 2 N–H and O–H groups in total. The van der Waals surface area contributed by atoms with E-state index in [1.165, 1.54) is 24.3 Å². The molecule has 2 aromatic rings. The van der Waals surface area contributed by atoms with Gasteiger partial charge < -0.3 is 10.4 Å². The van der Waals surface area contributed by atoms with Crippen molar-refractivity contribution >= 4 is 35.2 Å². The van der Waals surface area contributed by atoms with Crippen LogP contribution in [0.5, 0.6) is 0 Å². The van der Waals surface area contributed by atoms with Gasteiger partial charge in [0.1, 0.15) is 0 Å². The van der Waals surface area contributed by atoms with Crippen molar-refractivity contribution in [2.24, 2.45) is 0 Å². The molecule has 0 heterocycles. The van der Waals surface area contributed by atoms with Crippen molar-refractivity contribution in [3.05, 3.63) is 70.3 Å². The fourth-order valence-corrected chi connectivity index (χ4v) is 1.94. The molecule has 0 aliphatic rings. The van der Waals surface area contributed by atoms with Crippen LogP contribution in [-0.2, 0) is 4.79 Å². The van der Waals surface area contributed by atoms with Crippen LogP contribution in [0, 0.1) is 6.92 Å². The number of carbonyl (C=O) groups is 2. The first-order chi connectivity index (χ1) is 10.5. The van der Waals surface area contributed by atoms with Gasteiger partial charge in [-0.1, -0.05) is 41.4 Å². The predicted octanol–water partition coefficient (Wildman–Crippen LogP) is 4.00. The maximum absolute atomic E-state index is 11.9. The quantitative estimate of drug-likeness (QED) is 0.838. The van der Waals surface area contributed by atoms with Gasteiger partial charge in [-0.3, -0.25) is 4.79 Å². The van der Waals surface area contributed by atoms with Gasteiger partial charge in [0.25, 0.3) is 0 Å². The van der Waals surface area contributed by atoms with E-state index in [2.05, 4.69) is 5.32 Å². The molecule has 0 fully saturated rings. The summed E-state index contributed by atoms with van der Waals surface area (Å²) in [7, 11) is 0. The molecule has 2 aromatic carbocycles. The first-order valence-electron chi connectivity index (χ1n) is 6.54. The lowest BCUT2D eigenvalue weighted by molar-refractivity contribution is -0.111. The summed E-state index contributed by atoms with van der Waals surface area (Å²) in [6.07, 6.45) is 3.04. The van der Waals surface area contributed by atoms with E-state index in [-0.39, 0.29) is 22.2 Å². The van der Waals surface area contributed by atoms with E-state index in [1.54, 1.807) is 6.08 Å². The van der Waals surface area contributed by atoms with Crippen molar-refractivity contribution in [2.75, 3.05) is 5.32 Å². The Balaban J connectivity index is 2.10. The zero-order valence-corrected chi connectivity index (χ0v) is 12.6. The van der Waals surface area contributed by atoms with E-state index in [0.29, 0.717) is 0 Å². The lowest BCUT2D eigenvalue weighted by atomic mass is 10.1. The van der Waals surface area contributed by atoms with E-state index < -0.39 is 5.97 Å². The Kier molecular flexibility index (Phi) is 4.96. The van der Waals surface area contributed by atoms with Gasteiger partial charge in [0.15, 0.2) is 0 Å². The molecule has 0 aliphatic carbocycles. The van der Waals surface area contributed by atoms with Crippen molar-refractivity contribution in [3.63, 3.8) is 0 Å². The van der Waals surface area contributed by atoms with Crippen LogP contribution in [0.4, 0.5) is 5.69 Å². The number of carboxylic acids is 1. The number of hydrogen-bond donors (Lipinski definition) is 2. The van der Waals surface area contributed by atoms with Gasteiger partial charge in [0, 0.05) is 6.08 Å². The van der Waals surface area contributed by atoms with Crippen LogP contribution in [0.1, 0.15) is 21.5 Å². The topological polar surface area (TPSA) is 66.4 Å². The third-order valence-corrected chi connectivity index (χ3v) is 3.31. The number of benzene rings is 2. The molecule has 0 bridgehead atoms. The Hall–Kier alpha value is -2.59. The maximum atomic E-state index is 11.9. The van der Waals surface area contributed by atoms with Crippen LogP contribution in [-0.4, -0.2) is 17.0 Å². The highest BCUT2D eigenvalue weighted by Gasteiger charge is 2.08. The SMILES string of the molecule is Cc1ccc(C=CC(=O)Nc2cc(C(=O)O)ccc2Cl)cc1. The number of nitrogens with one attached hydrogen (secondary N) is 1. The van der Waals surface area contributed by atoms with Gasteiger partial charge in [-0.2, -0.15) is 0 Å². The largest absolute Gasteiger partial charge is 0.478 e. The summed E-state index contributed by atoms with van der Waals surface area (Å²) in [5, 5.41) is 11.8. The fourth-order valence-electron chi connectivity index (χ4n) is 1.78. The van der Waals surface area contributed by atoms with Gasteiger partial charge in [0.2, 0.25) is 5.91 Å². The zero-order valence-electron chi connectivity index (χ0n) is 11.8. The molecule has 0 spiro atoms. The van der Waals surface area contributed by atoms with E-state index in [4.69, 9.17) is 16.7 Å². The zero-order chi connectivity index (χ0) is 16.1. The van der Waals surface area contributed by atoms with Crippen molar-refractivity contribution in [1.82, 2.24) is 0 Å². The molecule has 0 aliphatic heterocycles. The highest BCUT2D eigenvalue weighted by molar-refractivity contribution is 6.34. The summed E-state index contributed by atoms with van der Waals surface area (Å²) in [4.78, 5) is 22.8. The highest BCUT2D eigenvalue weighted by Crippen LogP contribution is 2.23. The van der Waals surface area contributed by atoms with Crippen LogP contribution < -0.4 is 5.32 Å². The first kappa shape index (κ1) is 15.8. The van der Waals surface area contributed by atoms with Gasteiger partial charge in [-0.05, 0) is 36.8 Å². The summed E-state index contributed by atoms with van der Waals surface area (Å²) >= 11 is 5.95. The van der Waals surface area contributed by atoms with Crippen LogP contribution in [0.2, 0.25) is 5.02 Å². The number of carbonyl (C=O) groups excluding carboxylic acids is 1. The van der Waals surface area contributed by atoms with Gasteiger partial charge >= 0.3 is 5.97 Å². The average molecular weight is 316 g/mol. The molecule has 0 unspecified atom stereocenters. The lowest BCUT2D eigenvalue weighted by Gasteiger charge is -2.06. The van der Waals surface area contributed by atoms with E-state index in [1.807, 2.05) is 31.2 Å². The Labute approximate surface area is 133 Å². The number of anilines is 1.